The average Bonchev–Trinajstić information content (AvgIpc) is 3.13. The second kappa shape index (κ2) is 8.99. The third-order valence-electron chi connectivity index (χ3n) is 4.78. The minimum absolute atomic E-state index is 0.358. The molecule has 1 saturated heterocycles. The van der Waals surface area contributed by atoms with Crippen molar-refractivity contribution >= 4 is 54.6 Å². The van der Waals surface area contributed by atoms with Gasteiger partial charge in [-0.3, -0.25) is 0 Å². The van der Waals surface area contributed by atoms with Gasteiger partial charge in [0.15, 0.2) is 18.0 Å². The number of alkyl halides is 1. The first-order valence-electron chi connectivity index (χ1n) is 8.74. The molecule has 156 valence electrons. The molecule has 0 spiro atoms. The summed E-state index contributed by atoms with van der Waals surface area (Å²) in [6.45, 7) is 0. The fourth-order valence-electron chi connectivity index (χ4n) is 3.33. The summed E-state index contributed by atoms with van der Waals surface area (Å²) < 4.78 is 27.8. The highest BCUT2D eigenvalue weighted by atomic mass is 79.9. The molecule has 7 nitrogen and oxygen atoms in total. The fourth-order valence-corrected chi connectivity index (χ4v) is 4.50. The normalized spacial score (nSPS) is 20.4. The molecule has 0 aliphatic carbocycles. The van der Waals surface area contributed by atoms with Crippen LogP contribution in [0.25, 0.3) is 10.8 Å². The van der Waals surface area contributed by atoms with Gasteiger partial charge in [0.05, 0.1) is 25.8 Å². The molecule has 0 aromatic heterocycles. The number of fused-ring (bicyclic) bond motifs is 1. The first-order chi connectivity index (χ1) is 13.9. The molecule has 0 amide bonds. The molecule has 1 aliphatic rings. The van der Waals surface area contributed by atoms with Crippen LogP contribution in [0.1, 0.15) is 12.0 Å². The lowest BCUT2D eigenvalue weighted by Crippen LogP contribution is -2.38. The molecule has 2 aromatic rings. The Morgan fingerprint density at radius 1 is 1.03 bits per heavy atom. The number of benzene rings is 2. The molecule has 2 aromatic carbocycles. The Morgan fingerprint density at radius 2 is 1.66 bits per heavy atom. The van der Waals surface area contributed by atoms with Crippen molar-refractivity contribution in [3.8, 4) is 5.75 Å². The van der Waals surface area contributed by atoms with Crippen LogP contribution in [0, 0.1) is 0 Å². The van der Waals surface area contributed by atoms with Crippen molar-refractivity contribution in [2.45, 2.75) is 24.4 Å². The van der Waals surface area contributed by atoms with Gasteiger partial charge in [0, 0.05) is 17.3 Å². The molecule has 29 heavy (non-hydrogen) atoms. The zero-order valence-electron chi connectivity index (χ0n) is 16.1. The molecular weight excluding hydrogens is 512 g/mol. The summed E-state index contributed by atoms with van der Waals surface area (Å²) in [5.74, 6) is -2.01. The van der Waals surface area contributed by atoms with Crippen molar-refractivity contribution < 1.29 is 33.3 Å². The molecule has 9 heteroatoms. The van der Waals surface area contributed by atoms with Crippen LogP contribution in [-0.2, 0) is 34.3 Å². The predicted octanol–water partition coefficient (Wildman–Crippen LogP) is 3.68. The Labute approximate surface area is 184 Å². The lowest BCUT2D eigenvalue weighted by atomic mass is 9.99. The lowest BCUT2D eigenvalue weighted by Gasteiger charge is -2.28. The van der Waals surface area contributed by atoms with Gasteiger partial charge in [-0.1, -0.05) is 34.1 Å². The van der Waals surface area contributed by atoms with Crippen LogP contribution in [0.3, 0.4) is 0 Å². The van der Waals surface area contributed by atoms with Crippen LogP contribution in [0.5, 0.6) is 5.75 Å². The van der Waals surface area contributed by atoms with E-state index in [2.05, 4.69) is 31.9 Å². The van der Waals surface area contributed by atoms with Crippen molar-refractivity contribution in [2.24, 2.45) is 0 Å². The van der Waals surface area contributed by atoms with E-state index < -0.39 is 29.9 Å². The maximum atomic E-state index is 12.2. The van der Waals surface area contributed by atoms with E-state index in [9.17, 15) is 9.59 Å². The highest BCUT2D eigenvalue weighted by Gasteiger charge is 2.55. The quantitative estimate of drug-likeness (QED) is 0.415. The maximum Gasteiger partial charge on any atom is 0.338 e. The highest BCUT2D eigenvalue weighted by molar-refractivity contribution is 9.10. The Morgan fingerprint density at radius 3 is 2.17 bits per heavy atom. The van der Waals surface area contributed by atoms with E-state index in [1.54, 1.807) is 7.11 Å². The molecular formula is C20H20Br2O7. The number of rotatable bonds is 6. The topological polar surface area (TPSA) is 80.3 Å². The van der Waals surface area contributed by atoms with Crippen LogP contribution in [0.15, 0.2) is 34.8 Å². The standard InChI is InChI=1S/C20H20Br2O7/c1-25-14-7-4-11-10-12(5-6-13(11)15(14)22)20(8-9-21)28-16(18(23)26-2)17(29-20)19(24)27-3/h4-7,10,16-17H,8-9H2,1-3H3/t16-,17-/m1/s1. The van der Waals surface area contributed by atoms with E-state index in [0.29, 0.717) is 23.1 Å². The van der Waals surface area contributed by atoms with Crippen molar-refractivity contribution in [1.82, 2.24) is 0 Å². The van der Waals surface area contributed by atoms with E-state index in [4.69, 9.17) is 23.7 Å². The molecule has 0 bridgehead atoms. The third-order valence-corrected chi connectivity index (χ3v) is 5.99. The van der Waals surface area contributed by atoms with Crippen molar-refractivity contribution in [3.05, 3.63) is 40.4 Å². The number of carbonyl (C=O) groups excluding carboxylic acids is 2. The van der Waals surface area contributed by atoms with Crippen molar-refractivity contribution in [2.75, 3.05) is 26.7 Å². The van der Waals surface area contributed by atoms with Crippen LogP contribution in [0.4, 0.5) is 0 Å². The van der Waals surface area contributed by atoms with Gasteiger partial charge in [-0.15, -0.1) is 0 Å². The maximum absolute atomic E-state index is 12.2. The smallest absolute Gasteiger partial charge is 0.338 e. The molecule has 1 aliphatic heterocycles. The predicted molar refractivity (Wildman–Crippen MR) is 112 cm³/mol. The zero-order chi connectivity index (χ0) is 21.2. The van der Waals surface area contributed by atoms with Gasteiger partial charge in [0.25, 0.3) is 0 Å². The zero-order valence-corrected chi connectivity index (χ0v) is 19.2. The van der Waals surface area contributed by atoms with Crippen LogP contribution < -0.4 is 4.74 Å². The molecule has 2 atom stereocenters. The van der Waals surface area contributed by atoms with Crippen LogP contribution in [-0.4, -0.2) is 50.8 Å². The van der Waals surface area contributed by atoms with Gasteiger partial charge in [-0.25, -0.2) is 9.59 Å². The van der Waals surface area contributed by atoms with E-state index in [1.807, 2.05) is 30.3 Å². The molecule has 0 radical (unpaired) electrons. The summed E-state index contributed by atoms with van der Waals surface area (Å²) in [5.41, 5.74) is 0.668. The average molecular weight is 532 g/mol. The molecule has 1 fully saturated rings. The van der Waals surface area contributed by atoms with E-state index in [1.165, 1.54) is 14.2 Å². The summed E-state index contributed by atoms with van der Waals surface area (Å²) in [6.07, 6.45) is -2.11. The fraction of sp³-hybridized carbons (Fsp3) is 0.400. The number of ether oxygens (including phenoxy) is 5. The minimum atomic E-state index is -1.32. The van der Waals surface area contributed by atoms with Crippen LogP contribution in [0.2, 0.25) is 0 Å². The van der Waals surface area contributed by atoms with Gasteiger partial charge < -0.3 is 23.7 Å². The molecule has 3 rings (SSSR count). The number of methoxy groups -OCH3 is 3. The molecule has 0 saturated carbocycles. The van der Waals surface area contributed by atoms with Gasteiger partial charge >= 0.3 is 11.9 Å². The summed E-state index contributed by atoms with van der Waals surface area (Å²) >= 11 is 6.96. The Bertz CT molecular complexity index is 906. The number of hydrogen-bond acceptors (Lipinski definition) is 7. The van der Waals surface area contributed by atoms with Crippen molar-refractivity contribution in [1.29, 1.82) is 0 Å². The summed E-state index contributed by atoms with van der Waals surface area (Å²) in [7, 11) is 4.06. The third kappa shape index (κ3) is 4.01. The van der Waals surface area contributed by atoms with Gasteiger partial charge in [0.1, 0.15) is 5.75 Å². The molecule has 1 heterocycles. The SMILES string of the molecule is COC(=O)[C@@H]1OC(CCBr)(c2ccc3c(Br)c(OC)ccc3c2)O[C@H]1C(=O)OC. The number of esters is 2. The Balaban J connectivity index is 2.09. The van der Waals surface area contributed by atoms with E-state index in [-0.39, 0.29) is 0 Å². The number of hydrogen-bond donors (Lipinski definition) is 0. The Kier molecular flexibility index (Phi) is 6.83. The first-order valence-corrected chi connectivity index (χ1v) is 10.7. The molecule has 0 unspecified atom stereocenters. The van der Waals surface area contributed by atoms with Gasteiger partial charge in [-0.05, 0) is 38.8 Å². The highest BCUT2D eigenvalue weighted by Crippen LogP contribution is 2.43. The van der Waals surface area contributed by atoms with Crippen LogP contribution >= 0.6 is 31.9 Å². The minimum Gasteiger partial charge on any atom is -0.496 e. The van der Waals surface area contributed by atoms with E-state index in [0.717, 1.165) is 15.2 Å². The second-order valence-corrected chi connectivity index (χ2v) is 7.92. The first kappa shape index (κ1) is 22.0. The van der Waals surface area contributed by atoms with Gasteiger partial charge in [0.2, 0.25) is 0 Å². The number of carbonyl (C=O) groups is 2. The summed E-state index contributed by atoms with van der Waals surface area (Å²) in [4.78, 5) is 24.5. The summed E-state index contributed by atoms with van der Waals surface area (Å²) in [6, 6.07) is 9.39. The Hall–Kier alpha value is -1.68. The number of halogens is 2. The van der Waals surface area contributed by atoms with Gasteiger partial charge in [-0.2, -0.15) is 0 Å². The largest absolute Gasteiger partial charge is 0.496 e. The van der Waals surface area contributed by atoms with Crippen molar-refractivity contribution in [3.63, 3.8) is 0 Å². The monoisotopic (exact) mass is 530 g/mol. The lowest BCUT2D eigenvalue weighted by molar-refractivity contribution is -0.196. The molecule has 0 N–H and O–H groups in total. The second-order valence-electron chi connectivity index (χ2n) is 6.33. The summed E-state index contributed by atoms with van der Waals surface area (Å²) in [5, 5.41) is 2.36. The van der Waals surface area contributed by atoms with E-state index >= 15 is 0 Å².